The molecule has 0 aromatic carbocycles. The highest BCUT2D eigenvalue weighted by Gasteiger charge is 1.93. The van der Waals surface area contributed by atoms with Gasteiger partial charge in [-0.25, -0.2) is 0 Å². The lowest BCUT2D eigenvalue weighted by molar-refractivity contribution is 0.357. The topological polar surface area (TPSA) is 9.23 Å². The van der Waals surface area contributed by atoms with Gasteiger partial charge in [-0.05, 0) is 19.3 Å². The molecule has 0 saturated heterocycles. The van der Waals surface area contributed by atoms with Crippen LogP contribution in [0.5, 0.6) is 0 Å². The van der Waals surface area contributed by atoms with Crippen LogP contribution in [-0.2, 0) is 4.43 Å². The number of hydrogen-bond donors (Lipinski definition) is 0. The normalized spacial score (nSPS) is 9.92. The van der Waals surface area contributed by atoms with E-state index in [1.807, 2.05) is 0 Å². The molecule has 0 rings (SSSR count). The highest BCUT2D eigenvalue weighted by molar-refractivity contribution is 5.97. The van der Waals surface area contributed by atoms with Crippen molar-refractivity contribution >= 4 is 10.5 Å². The average molecular weight is 183 g/mol. The molecule has 0 bridgehead atoms. The molecular weight excluding hydrogens is 164 g/mol. The zero-order valence-electron chi connectivity index (χ0n) is 8.23. The fourth-order valence-electron chi connectivity index (χ4n) is 1.29. The number of allylic oxidation sites excluding steroid dienone is 1. The highest BCUT2D eigenvalue weighted by Crippen LogP contribution is 2.12. The van der Waals surface area contributed by atoms with Gasteiger partial charge in [0.05, 0.1) is 0 Å². The van der Waals surface area contributed by atoms with E-state index in [1.54, 1.807) is 5.57 Å². The minimum Gasteiger partial charge on any atom is -0.418 e. The van der Waals surface area contributed by atoms with Gasteiger partial charge in [-0.2, -0.15) is 0 Å². The van der Waals surface area contributed by atoms with Gasteiger partial charge < -0.3 is 4.43 Å². The predicted molar refractivity (Wildman–Crippen MR) is 54.2 cm³/mol. The molecule has 0 atom stereocenters. The monoisotopic (exact) mass is 183 g/mol. The van der Waals surface area contributed by atoms with E-state index in [1.165, 1.54) is 25.7 Å². The van der Waals surface area contributed by atoms with Crippen LogP contribution < -0.4 is 0 Å². The molecule has 3 radical (unpaired) electrons. The van der Waals surface area contributed by atoms with E-state index in [2.05, 4.69) is 30.4 Å². The molecule has 0 aliphatic carbocycles. The maximum absolute atomic E-state index is 4.81. The second kappa shape index (κ2) is 9.01. The zero-order chi connectivity index (χ0) is 9.23. The van der Waals surface area contributed by atoms with E-state index < -0.39 is 0 Å². The van der Waals surface area contributed by atoms with Gasteiger partial charge >= 0.3 is 0 Å². The van der Waals surface area contributed by atoms with Crippen LogP contribution in [0.1, 0.15) is 46.0 Å². The van der Waals surface area contributed by atoms with Crippen molar-refractivity contribution in [1.29, 1.82) is 0 Å². The van der Waals surface area contributed by atoms with Crippen molar-refractivity contribution in [1.82, 2.24) is 0 Å². The van der Waals surface area contributed by atoms with E-state index in [0.717, 1.165) is 13.0 Å². The van der Waals surface area contributed by atoms with Crippen LogP contribution in [0.3, 0.4) is 0 Å². The summed E-state index contributed by atoms with van der Waals surface area (Å²) in [5, 5.41) is 0. The first-order valence-corrected chi connectivity index (χ1v) is 5.22. The molecule has 0 fully saturated rings. The molecule has 0 amide bonds. The van der Waals surface area contributed by atoms with Crippen molar-refractivity contribution < 1.29 is 4.43 Å². The fraction of sp³-hybridized carbons (Fsp3) is 0.800. The average Bonchev–Trinajstić information content (AvgIpc) is 2.06. The summed E-state index contributed by atoms with van der Waals surface area (Å²) in [4.78, 5) is 0. The summed E-state index contributed by atoms with van der Waals surface area (Å²) in [7, 11) is 2.99. The van der Waals surface area contributed by atoms with Gasteiger partial charge in [0.1, 0.15) is 0 Å². The van der Waals surface area contributed by atoms with E-state index >= 15 is 0 Å². The molecular formula is C10H19OSi. The van der Waals surface area contributed by atoms with Gasteiger partial charge in [0, 0.05) is 6.61 Å². The van der Waals surface area contributed by atoms with Crippen LogP contribution in [0.25, 0.3) is 0 Å². The van der Waals surface area contributed by atoms with Crippen LogP contribution in [-0.4, -0.2) is 17.1 Å². The van der Waals surface area contributed by atoms with Crippen molar-refractivity contribution in [3.63, 3.8) is 0 Å². The Morgan fingerprint density at radius 2 is 1.83 bits per heavy atom. The third kappa shape index (κ3) is 6.62. The summed E-state index contributed by atoms with van der Waals surface area (Å²) in [6, 6.07) is 0. The van der Waals surface area contributed by atoms with Gasteiger partial charge in [-0.3, -0.25) is 0 Å². The van der Waals surface area contributed by atoms with Crippen LogP contribution in [0, 0.1) is 0 Å². The van der Waals surface area contributed by atoms with Gasteiger partial charge in [0.2, 0.25) is 10.5 Å². The van der Waals surface area contributed by atoms with Crippen LogP contribution in [0.15, 0.2) is 11.6 Å². The summed E-state index contributed by atoms with van der Waals surface area (Å²) in [5.41, 5.74) is 1.59. The molecule has 0 aromatic rings. The van der Waals surface area contributed by atoms with E-state index in [0.29, 0.717) is 0 Å². The Labute approximate surface area is 79.7 Å². The van der Waals surface area contributed by atoms with E-state index in [-0.39, 0.29) is 0 Å². The summed E-state index contributed by atoms with van der Waals surface area (Å²) in [6.45, 7) is 5.22. The van der Waals surface area contributed by atoms with Crippen molar-refractivity contribution in [2.45, 2.75) is 46.0 Å². The molecule has 12 heavy (non-hydrogen) atoms. The van der Waals surface area contributed by atoms with Crippen molar-refractivity contribution in [3.8, 4) is 0 Å². The Morgan fingerprint density at radius 3 is 2.25 bits per heavy atom. The first-order chi connectivity index (χ1) is 5.85. The summed E-state index contributed by atoms with van der Waals surface area (Å²) < 4.78 is 4.81. The second-order valence-electron chi connectivity index (χ2n) is 3.00. The molecule has 1 nitrogen and oxygen atoms in total. The van der Waals surface area contributed by atoms with Crippen LogP contribution >= 0.6 is 0 Å². The summed E-state index contributed by atoms with van der Waals surface area (Å²) in [5.74, 6) is 0. The standard InChI is InChI=1S/C10H19OSi/c1-3-6-10(7-4-2)8-5-9-11-12/h8H,3-7,9H2,1-2H3. The zero-order valence-corrected chi connectivity index (χ0v) is 9.23. The maximum atomic E-state index is 4.81. The summed E-state index contributed by atoms with van der Waals surface area (Å²) in [6.07, 6.45) is 8.33. The van der Waals surface area contributed by atoms with Crippen LogP contribution in [0.2, 0.25) is 0 Å². The van der Waals surface area contributed by atoms with Gasteiger partial charge in [-0.1, -0.05) is 38.3 Å². The first-order valence-electron chi connectivity index (χ1n) is 4.81. The molecule has 0 aliphatic rings. The highest BCUT2D eigenvalue weighted by atomic mass is 28.2. The Balaban J connectivity index is 3.64. The van der Waals surface area contributed by atoms with Crippen molar-refractivity contribution in [2.24, 2.45) is 0 Å². The largest absolute Gasteiger partial charge is 0.418 e. The summed E-state index contributed by atoms with van der Waals surface area (Å²) >= 11 is 0. The SMILES string of the molecule is CCCC(=CCCO[Si])CCC. The Morgan fingerprint density at radius 1 is 1.25 bits per heavy atom. The molecule has 0 N–H and O–H groups in total. The minimum atomic E-state index is 0.772. The molecule has 0 aliphatic heterocycles. The third-order valence-corrected chi connectivity index (χ3v) is 2.00. The lowest BCUT2D eigenvalue weighted by atomic mass is 10.0. The smallest absolute Gasteiger partial charge is 0.246 e. The Hall–Kier alpha value is -0.0831. The fourth-order valence-corrected chi connectivity index (χ4v) is 1.41. The second-order valence-corrected chi connectivity index (χ2v) is 3.29. The quantitative estimate of drug-likeness (QED) is 0.335. The number of rotatable bonds is 7. The van der Waals surface area contributed by atoms with Crippen molar-refractivity contribution in [2.75, 3.05) is 6.61 Å². The van der Waals surface area contributed by atoms with E-state index in [4.69, 9.17) is 4.43 Å². The van der Waals surface area contributed by atoms with Crippen molar-refractivity contribution in [3.05, 3.63) is 11.6 Å². The molecule has 0 unspecified atom stereocenters. The molecule has 0 heterocycles. The predicted octanol–water partition coefficient (Wildman–Crippen LogP) is 3.00. The molecule has 69 valence electrons. The van der Waals surface area contributed by atoms with Gasteiger partial charge in [0.15, 0.2) is 0 Å². The first kappa shape index (κ1) is 11.9. The molecule has 2 heteroatoms. The number of hydrogen-bond acceptors (Lipinski definition) is 1. The Bertz CT molecular complexity index is 113. The lowest BCUT2D eigenvalue weighted by Gasteiger charge is -2.03. The Kier molecular flexibility index (Phi) is 8.95. The third-order valence-electron chi connectivity index (χ3n) is 1.80. The van der Waals surface area contributed by atoms with E-state index in [9.17, 15) is 0 Å². The van der Waals surface area contributed by atoms with Gasteiger partial charge in [-0.15, -0.1) is 0 Å². The molecule has 0 saturated carbocycles. The van der Waals surface area contributed by atoms with Gasteiger partial charge in [0.25, 0.3) is 0 Å². The lowest BCUT2D eigenvalue weighted by Crippen LogP contribution is -1.89. The minimum absolute atomic E-state index is 0.772. The maximum Gasteiger partial charge on any atom is 0.246 e. The van der Waals surface area contributed by atoms with Crippen LogP contribution in [0.4, 0.5) is 0 Å². The molecule has 0 aromatic heterocycles. The molecule has 0 spiro atoms.